The van der Waals surface area contributed by atoms with Crippen LogP contribution in [0.15, 0.2) is 59.5 Å². The van der Waals surface area contributed by atoms with Crippen LogP contribution in [0.2, 0.25) is 0 Å². The second-order valence-electron chi connectivity index (χ2n) is 5.64. The van der Waals surface area contributed by atoms with Crippen LogP contribution in [0.25, 0.3) is 10.9 Å². The summed E-state index contributed by atoms with van der Waals surface area (Å²) in [5.74, 6) is -0.236. The number of amides is 1. The van der Waals surface area contributed by atoms with Crippen molar-refractivity contribution in [3.8, 4) is 5.75 Å². The zero-order valence-corrected chi connectivity index (χ0v) is 14.2. The van der Waals surface area contributed by atoms with Gasteiger partial charge in [0.2, 0.25) is 0 Å². The van der Waals surface area contributed by atoms with Gasteiger partial charge in [0.05, 0.1) is 10.4 Å². The summed E-state index contributed by atoms with van der Waals surface area (Å²) < 4.78 is 22.9. The number of nitrogens with zero attached hydrogens (tertiary/aromatic N) is 1. The van der Waals surface area contributed by atoms with Crippen molar-refractivity contribution in [3.05, 3.63) is 65.9 Å². The lowest BCUT2D eigenvalue weighted by atomic mass is 10.1. The van der Waals surface area contributed by atoms with Crippen molar-refractivity contribution in [1.29, 1.82) is 0 Å². The number of phenolic OH excluding ortho intramolecular Hbond substituents is 1. The van der Waals surface area contributed by atoms with Crippen molar-refractivity contribution >= 4 is 26.6 Å². The van der Waals surface area contributed by atoms with Gasteiger partial charge < -0.3 is 10.4 Å². The molecule has 0 bridgehead atoms. The van der Waals surface area contributed by atoms with Crippen LogP contribution >= 0.6 is 0 Å². The number of hydrogen-bond acceptors (Lipinski definition) is 5. The molecule has 0 radical (unpaired) electrons. The first kappa shape index (κ1) is 16.9. The third kappa shape index (κ3) is 3.77. The molecule has 0 spiro atoms. The highest BCUT2D eigenvalue weighted by molar-refractivity contribution is 7.90. The molecule has 0 aliphatic heterocycles. The fourth-order valence-electron chi connectivity index (χ4n) is 2.39. The molecule has 2 aromatic carbocycles. The summed E-state index contributed by atoms with van der Waals surface area (Å²) >= 11 is 0. The lowest BCUT2D eigenvalue weighted by Crippen LogP contribution is -2.23. The Labute approximate surface area is 145 Å². The molecule has 3 rings (SSSR count). The highest BCUT2D eigenvalue weighted by Gasteiger charge is 2.10. The molecule has 3 aromatic rings. The Morgan fingerprint density at radius 2 is 1.80 bits per heavy atom. The largest absolute Gasteiger partial charge is 0.507 e. The summed E-state index contributed by atoms with van der Waals surface area (Å²) in [6.45, 7) is 0.253. The van der Waals surface area contributed by atoms with Crippen LogP contribution < -0.4 is 5.32 Å². The normalized spacial score (nSPS) is 11.4. The van der Waals surface area contributed by atoms with Crippen LogP contribution in [0.3, 0.4) is 0 Å². The van der Waals surface area contributed by atoms with Crippen LogP contribution in [-0.2, 0) is 16.4 Å². The zero-order valence-electron chi connectivity index (χ0n) is 13.4. The molecule has 0 fully saturated rings. The minimum absolute atomic E-state index is 0.114. The Hall–Kier alpha value is -2.93. The van der Waals surface area contributed by atoms with E-state index in [0.717, 1.165) is 11.8 Å². The van der Waals surface area contributed by atoms with Crippen molar-refractivity contribution < 1.29 is 18.3 Å². The fourth-order valence-corrected chi connectivity index (χ4v) is 3.02. The standard InChI is InChI=1S/C18H16N2O4S/c1-25(23,24)13-7-5-12(6-8-13)11-19-18(22)16-10-9-14-15(20-16)3-2-4-17(14)21/h2-10,21H,11H2,1H3,(H,19,22). The van der Waals surface area contributed by atoms with Crippen molar-refractivity contribution in [1.82, 2.24) is 10.3 Å². The molecule has 1 heterocycles. The van der Waals surface area contributed by atoms with Crippen LogP contribution in [0.4, 0.5) is 0 Å². The van der Waals surface area contributed by atoms with Gasteiger partial charge in [-0.15, -0.1) is 0 Å². The number of carbonyl (C=O) groups excluding carboxylic acids is 1. The lowest BCUT2D eigenvalue weighted by Gasteiger charge is -2.07. The minimum Gasteiger partial charge on any atom is -0.507 e. The van der Waals surface area contributed by atoms with Gasteiger partial charge in [0.1, 0.15) is 11.4 Å². The quantitative estimate of drug-likeness (QED) is 0.747. The predicted octanol–water partition coefficient (Wildman–Crippen LogP) is 2.27. The molecular weight excluding hydrogens is 340 g/mol. The Morgan fingerprint density at radius 3 is 2.48 bits per heavy atom. The number of hydrogen-bond donors (Lipinski definition) is 2. The van der Waals surface area contributed by atoms with Crippen molar-refractivity contribution in [2.24, 2.45) is 0 Å². The molecular formula is C18H16N2O4S. The number of aromatic nitrogens is 1. The third-order valence-corrected chi connectivity index (χ3v) is 4.87. The molecule has 0 atom stereocenters. The van der Waals surface area contributed by atoms with Gasteiger partial charge in [-0.1, -0.05) is 18.2 Å². The van der Waals surface area contributed by atoms with Gasteiger partial charge in [-0.3, -0.25) is 4.79 Å². The van der Waals surface area contributed by atoms with Gasteiger partial charge in [-0.2, -0.15) is 0 Å². The van der Waals surface area contributed by atoms with E-state index < -0.39 is 9.84 Å². The number of aromatic hydroxyl groups is 1. The fraction of sp³-hybridized carbons (Fsp3) is 0.111. The highest BCUT2D eigenvalue weighted by atomic mass is 32.2. The van der Waals surface area contributed by atoms with E-state index in [1.165, 1.54) is 12.1 Å². The number of rotatable bonds is 4. The number of nitrogens with one attached hydrogen (secondary N) is 1. The van der Waals surface area contributed by atoms with Crippen LogP contribution in [0.5, 0.6) is 5.75 Å². The first-order valence-corrected chi connectivity index (χ1v) is 9.40. The summed E-state index contributed by atoms with van der Waals surface area (Å²) in [5, 5.41) is 13.1. The van der Waals surface area contributed by atoms with E-state index in [1.54, 1.807) is 42.5 Å². The highest BCUT2D eigenvalue weighted by Crippen LogP contribution is 2.22. The molecule has 0 aliphatic rings. The van der Waals surface area contributed by atoms with Crippen molar-refractivity contribution in [2.45, 2.75) is 11.4 Å². The van der Waals surface area contributed by atoms with E-state index in [4.69, 9.17) is 0 Å². The summed E-state index contributed by atoms with van der Waals surface area (Å²) in [5.41, 5.74) is 1.55. The van der Waals surface area contributed by atoms with Gasteiger partial charge >= 0.3 is 0 Å². The molecule has 0 aliphatic carbocycles. The second-order valence-corrected chi connectivity index (χ2v) is 7.65. The average Bonchev–Trinajstić information content (AvgIpc) is 2.59. The van der Waals surface area contributed by atoms with Crippen LogP contribution in [0.1, 0.15) is 16.1 Å². The summed E-state index contributed by atoms with van der Waals surface area (Å²) in [6.07, 6.45) is 1.15. The zero-order chi connectivity index (χ0) is 18.0. The maximum absolute atomic E-state index is 12.2. The maximum Gasteiger partial charge on any atom is 0.270 e. The monoisotopic (exact) mass is 356 g/mol. The number of carbonyl (C=O) groups is 1. The van der Waals surface area contributed by atoms with Crippen molar-refractivity contribution in [3.63, 3.8) is 0 Å². The summed E-state index contributed by atoms with van der Waals surface area (Å²) in [7, 11) is -3.24. The maximum atomic E-state index is 12.2. The second kappa shape index (κ2) is 6.52. The molecule has 1 aromatic heterocycles. The molecule has 25 heavy (non-hydrogen) atoms. The van der Waals surface area contributed by atoms with E-state index >= 15 is 0 Å². The number of benzene rings is 2. The van der Waals surface area contributed by atoms with E-state index in [1.807, 2.05) is 0 Å². The van der Waals surface area contributed by atoms with Gasteiger partial charge in [0, 0.05) is 18.2 Å². The molecule has 6 nitrogen and oxygen atoms in total. The summed E-state index contributed by atoms with van der Waals surface area (Å²) in [4.78, 5) is 16.7. The molecule has 7 heteroatoms. The van der Waals surface area contributed by atoms with E-state index in [2.05, 4.69) is 10.3 Å². The van der Waals surface area contributed by atoms with Gasteiger partial charge in [-0.25, -0.2) is 13.4 Å². The molecule has 0 unspecified atom stereocenters. The SMILES string of the molecule is CS(=O)(=O)c1ccc(CNC(=O)c2ccc3c(O)cccc3n2)cc1. The first-order valence-electron chi connectivity index (χ1n) is 7.50. The number of fused-ring (bicyclic) bond motifs is 1. The topological polar surface area (TPSA) is 96.4 Å². The Balaban J connectivity index is 1.72. The first-order chi connectivity index (χ1) is 11.8. The van der Waals surface area contributed by atoms with Gasteiger partial charge in [-0.05, 0) is 42.0 Å². The van der Waals surface area contributed by atoms with E-state index in [-0.39, 0.29) is 28.8 Å². The van der Waals surface area contributed by atoms with Gasteiger partial charge in [0.15, 0.2) is 9.84 Å². The Bertz CT molecular complexity index is 1040. The van der Waals surface area contributed by atoms with Crippen LogP contribution in [0, 0.1) is 0 Å². The number of pyridine rings is 1. The summed E-state index contributed by atoms with van der Waals surface area (Å²) in [6, 6.07) is 14.5. The molecule has 128 valence electrons. The Kier molecular flexibility index (Phi) is 4.41. The molecule has 0 saturated carbocycles. The predicted molar refractivity (Wildman–Crippen MR) is 94.1 cm³/mol. The minimum atomic E-state index is -3.24. The smallest absolute Gasteiger partial charge is 0.270 e. The number of sulfone groups is 1. The van der Waals surface area contributed by atoms with Gasteiger partial charge in [0.25, 0.3) is 5.91 Å². The van der Waals surface area contributed by atoms with E-state index in [9.17, 15) is 18.3 Å². The van der Waals surface area contributed by atoms with Crippen LogP contribution in [-0.4, -0.2) is 30.7 Å². The Morgan fingerprint density at radius 1 is 1.08 bits per heavy atom. The number of phenols is 1. The molecule has 0 saturated heterocycles. The van der Waals surface area contributed by atoms with Crippen molar-refractivity contribution in [2.75, 3.05) is 6.26 Å². The van der Waals surface area contributed by atoms with E-state index in [0.29, 0.717) is 10.9 Å². The lowest BCUT2D eigenvalue weighted by molar-refractivity contribution is 0.0946. The average molecular weight is 356 g/mol. The third-order valence-electron chi connectivity index (χ3n) is 3.75. The molecule has 1 amide bonds. The molecule has 2 N–H and O–H groups in total.